The van der Waals surface area contributed by atoms with E-state index < -0.39 is 5.60 Å². The van der Waals surface area contributed by atoms with Gasteiger partial charge in [-0.25, -0.2) is 0 Å². The molecule has 2 atom stereocenters. The number of nitrogens with one attached hydrogen (secondary N) is 1. The van der Waals surface area contributed by atoms with Crippen molar-refractivity contribution in [3.05, 3.63) is 35.9 Å². The van der Waals surface area contributed by atoms with Gasteiger partial charge in [0.25, 0.3) is 0 Å². The number of hydrogen-bond donors (Lipinski definition) is 2. The molecule has 0 bridgehead atoms. The van der Waals surface area contributed by atoms with Crippen LogP contribution in [0.2, 0.25) is 0 Å². The highest BCUT2D eigenvalue weighted by Gasteiger charge is 2.33. The topological polar surface area (TPSA) is 44.7 Å². The summed E-state index contributed by atoms with van der Waals surface area (Å²) in [5, 5.41) is 14.2. The summed E-state index contributed by atoms with van der Waals surface area (Å²) in [5.74, 6) is 0. The average Bonchev–Trinajstić information content (AvgIpc) is 3.02. The van der Waals surface area contributed by atoms with E-state index in [0.29, 0.717) is 18.6 Å². The van der Waals surface area contributed by atoms with Crippen molar-refractivity contribution >= 4 is 0 Å². The predicted molar refractivity (Wildman–Crippen MR) is 92.5 cm³/mol. The molecule has 3 rings (SSSR count). The van der Waals surface area contributed by atoms with Crippen LogP contribution in [0.3, 0.4) is 0 Å². The highest BCUT2D eigenvalue weighted by atomic mass is 16.5. The van der Waals surface area contributed by atoms with E-state index in [1.807, 2.05) is 0 Å². The van der Waals surface area contributed by atoms with E-state index >= 15 is 0 Å². The first-order valence-electron chi connectivity index (χ1n) is 9.00. The van der Waals surface area contributed by atoms with Gasteiger partial charge in [0.05, 0.1) is 24.9 Å². The van der Waals surface area contributed by atoms with Crippen LogP contribution in [0, 0.1) is 0 Å². The van der Waals surface area contributed by atoms with Gasteiger partial charge < -0.3 is 15.2 Å². The summed E-state index contributed by atoms with van der Waals surface area (Å²) in [6, 6.07) is 11.3. The number of hydrogen-bond acceptors (Lipinski definition) is 4. The molecule has 1 aromatic rings. The molecule has 4 heteroatoms. The molecule has 128 valence electrons. The fourth-order valence-electron chi connectivity index (χ4n) is 3.99. The summed E-state index contributed by atoms with van der Waals surface area (Å²) < 4.78 is 5.52. The molecule has 0 amide bonds. The largest absolute Gasteiger partial charge is 0.389 e. The van der Waals surface area contributed by atoms with Crippen molar-refractivity contribution in [3.63, 3.8) is 0 Å². The number of rotatable bonds is 6. The molecule has 0 radical (unpaired) electrons. The molecule has 1 aliphatic heterocycles. The minimum Gasteiger partial charge on any atom is -0.389 e. The number of aliphatic hydroxyl groups is 1. The molecule has 1 saturated carbocycles. The SMILES string of the molecule is CC(NCC1(O)CCCC1)C(c1ccccc1)N1CCOCC1. The molecule has 2 aliphatic rings. The third-order valence-electron chi connectivity index (χ3n) is 5.34. The van der Waals surface area contributed by atoms with Crippen LogP contribution in [0.25, 0.3) is 0 Å². The third kappa shape index (κ3) is 4.32. The predicted octanol–water partition coefficient (Wildman–Crippen LogP) is 2.34. The van der Waals surface area contributed by atoms with Crippen molar-refractivity contribution in [2.45, 2.75) is 50.3 Å². The van der Waals surface area contributed by atoms with Crippen molar-refractivity contribution in [1.82, 2.24) is 10.2 Å². The van der Waals surface area contributed by atoms with Crippen molar-refractivity contribution in [2.75, 3.05) is 32.8 Å². The van der Waals surface area contributed by atoms with Gasteiger partial charge in [-0.05, 0) is 25.3 Å². The normalized spacial score (nSPS) is 24.4. The van der Waals surface area contributed by atoms with Gasteiger partial charge in [0, 0.05) is 25.7 Å². The first-order valence-corrected chi connectivity index (χ1v) is 9.00. The summed E-state index contributed by atoms with van der Waals surface area (Å²) in [7, 11) is 0. The Morgan fingerprint density at radius 3 is 2.48 bits per heavy atom. The maximum absolute atomic E-state index is 10.6. The first kappa shape index (κ1) is 16.9. The molecule has 1 heterocycles. The Bertz CT molecular complexity index is 468. The second-order valence-corrected chi connectivity index (χ2v) is 7.10. The lowest BCUT2D eigenvalue weighted by Gasteiger charge is -2.39. The van der Waals surface area contributed by atoms with E-state index in [0.717, 1.165) is 52.0 Å². The van der Waals surface area contributed by atoms with Gasteiger partial charge in [0.1, 0.15) is 0 Å². The molecule has 2 unspecified atom stereocenters. The maximum atomic E-state index is 10.6. The van der Waals surface area contributed by atoms with Crippen molar-refractivity contribution < 1.29 is 9.84 Å². The molecule has 1 aromatic carbocycles. The zero-order chi connectivity index (χ0) is 16.1. The summed E-state index contributed by atoms with van der Waals surface area (Å²) in [6.07, 6.45) is 4.16. The van der Waals surface area contributed by atoms with Crippen LogP contribution >= 0.6 is 0 Å². The Labute approximate surface area is 139 Å². The minimum absolute atomic E-state index is 0.292. The molecule has 1 aliphatic carbocycles. The van der Waals surface area contributed by atoms with Crippen LogP contribution in [0.4, 0.5) is 0 Å². The number of ether oxygens (including phenoxy) is 1. The summed E-state index contributed by atoms with van der Waals surface area (Å²) in [4.78, 5) is 2.51. The van der Waals surface area contributed by atoms with E-state index in [4.69, 9.17) is 4.74 Å². The molecule has 4 nitrogen and oxygen atoms in total. The molecule has 2 fully saturated rings. The Hall–Kier alpha value is -0.940. The Balaban J connectivity index is 1.69. The van der Waals surface area contributed by atoms with Gasteiger partial charge in [0.15, 0.2) is 0 Å². The Kier molecular flexibility index (Phi) is 5.70. The molecular weight excluding hydrogens is 288 g/mol. The lowest BCUT2D eigenvalue weighted by atomic mass is 9.96. The second kappa shape index (κ2) is 7.75. The average molecular weight is 318 g/mol. The molecular formula is C19H30N2O2. The number of nitrogens with zero attached hydrogens (tertiary/aromatic N) is 1. The van der Waals surface area contributed by atoms with Gasteiger partial charge in [-0.2, -0.15) is 0 Å². The lowest BCUT2D eigenvalue weighted by Crippen LogP contribution is -2.50. The lowest BCUT2D eigenvalue weighted by molar-refractivity contribution is 0.00281. The van der Waals surface area contributed by atoms with E-state index in [1.54, 1.807) is 0 Å². The fourth-order valence-corrected chi connectivity index (χ4v) is 3.99. The van der Waals surface area contributed by atoms with Crippen LogP contribution < -0.4 is 5.32 Å². The third-order valence-corrected chi connectivity index (χ3v) is 5.34. The van der Waals surface area contributed by atoms with Gasteiger partial charge >= 0.3 is 0 Å². The second-order valence-electron chi connectivity index (χ2n) is 7.10. The first-order chi connectivity index (χ1) is 11.2. The number of morpholine rings is 1. The zero-order valence-electron chi connectivity index (χ0n) is 14.2. The highest BCUT2D eigenvalue weighted by molar-refractivity contribution is 5.21. The monoisotopic (exact) mass is 318 g/mol. The van der Waals surface area contributed by atoms with Crippen LogP contribution in [0.5, 0.6) is 0 Å². The van der Waals surface area contributed by atoms with E-state index in [9.17, 15) is 5.11 Å². The van der Waals surface area contributed by atoms with Gasteiger partial charge in [-0.1, -0.05) is 43.2 Å². The van der Waals surface area contributed by atoms with Crippen LogP contribution in [-0.2, 0) is 4.74 Å². The summed E-state index contributed by atoms with van der Waals surface area (Å²) in [5.41, 5.74) is 0.841. The van der Waals surface area contributed by atoms with E-state index in [1.165, 1.54) is 5.56 Å². The van der Waals surface area contributed by atoms with Crippen molar-refractivity contribution in [3.8, 4) is 0 Å². The summed E-state index contributed by atoms with van der Waals surface area (Å²) in [6.45, 7) is 6.49. The Morgan fingerprint density at radius 1 is 1.17 bits per heavy atom. The minimum atomic E-state index is -0.499. The quantitative estimate of drug-likeness (QED) is 0.845. The maximum Gasteiger partial charge on any atom is 0.0771 e. The Morgan fingerprint density at radius 2 is 1.83 bits per heavy atom. The van der Waals surface area contributed by atoms with Crippen molar-refractivity contribution in [2.24, 2.45) is 0 Å². The fraction of sp³-hybridized carbons (Fsp3) is 0.684. The molecule has 23 heavy (non-hydrogen) atoms. The van der Waals surface area contributed by atoms with Gasteiger partial charge in [0.2, 0.25) is 0 Å². The van der Waals surface area contributed by atoms with Crippen molar-refractivity contribution in [1.29, 1.82) is 0 Å². The van der Waals surface area contributed by atoms with Crippen LogP contribution in [0.15, 0.2) is 30.3 Å². The molecule has 0 spiro atoms. The standard InChI is InChI=1S/C19H30N2O2/c1-16(20-15-19(22)9-5-6-10-19)18(17-7-3-2-4-8-17)21-11-13-23-14-12-21/h2-4,7-8,16,18,20,22H,5-6,9-15H2,1H3. The van der Waals surface area contributed by atoms with E-state index in [-0.39, 0.29) is 0 Å². The van der Waals surface area contributed by atoms with Gasteiger partial charge in [-0.3, -0.25) is 4.90 Å². The number of benzene rings is 1. The summed E-state index contributed by atoms with van der Waals surface area (Å²) >= 11 is 0. The van der Waals surface area contributed by atoms with Gasteiger partial charge in [-0.15, -0.1) is 0 Å². The highest BCUT2D eigenvalue weighted by Crippen LogP contribution is 2.30. The molecule has 1 saturated heterocycles. The molecule has 0 aromatic heterocycles. The smallest absolute Gasteiger partial charge is 0.0771 e. The zero-order valence-corrected chi connectivity index (χ0v) is 14.2. The van der Waals surface area contributed by atoms with E-state index in [2.05, 4.69) is 47.5 Å². The van der Waals surface area contributed by atoms with Crippen LogP contribution in [-0.4, -0.2) is 54.5 Å². The molecule has 2 N–H and O–H groups in total. The van der Waals surface area contributed by atoms with Crippen LogP contribution in [0.1, 0.15) is 44.2 Å².